The average Bonchev–Trinajstić information content (AvgIpc) is 2.83. The van der Waals surface area contributed by atoms with Crippen LogP contribution in [-0.2, 0) is 0 Å². The minimum Gasteiger partial charge on any atom is -0.292 e. The molecule has 0 unspecified atom stereocenters. The van der Waals surface area contributed by atoms with Gasteiger partial charge in [0.15, 0.2) is 5.78 Å². The summed E-state index contributed by atoms with van der Waals surface area (Å²) in [6.45, 7) is 1.66. The molecule has 1 aromatic heterocycles. The van der Waals surface area contributed by atoms with Crippen molar-refractivity contribution in [2.45, 2.75) is 25.9 Å². The molecule has 15 heavy (non-hydrogen) atoms. The summed E-state index contributed by atoms with van der Waals surface area (Å²) in [6, 6.07) is 0. The van der Waals surface area contributed by atoms with Crippen LogP contribution in [0.2, 0.25) is 0 Å². The Hall–Kier alpha value is -0.910. The van der Waals surface area contributed by atoms with E-state index in [0.29, 0.717) is 5.01 Å². The number of alkyl halides is 3. The van der Waals surface area contributed by atoms with Crippen molar-refractivity contribution in [3.05, 3.63) is 16.1 Å². The highest BCUT2D eigenvalue weighted by Crippen LogP contribution is 2.59. The van der Waals surface area contributed by atoms with Gasteiger partial charge in [0.1, 0.15) is 5.41 Å². The molecule has 0 saturated heterocycles. The van der Waals surface area contributed by atoms with Gasteiger partial charge < -0.3 is 0 Å². The van der Waals surface area contributed by atoms with Gasteiger partial charge in [-0.2, -0.15) is 13.2 Å². The van der Waals surface area contributed by atoms with E-state index in [1.807, 2.05) is 0 Å². The van der Waals surface area contributed by atoms with Crippen molar-refractivity contribution in [1.82, 2.24) is 4.98 Å². The fourth-order valence-electron chi connectivity index (χ4n) is 1.47. The first-order valence-corrected chi connectivity index (χ1v) is 5.22. The lowest BCUT2D eigenvalue weighted by molar-refractivity contribution is -0.171. The van der Waals surface area contributed by atoms with Crippen LogP contribution in [0.3, 0.4) is 0 Å². The Morgan fingerprint density at radius 3 is 2.47 bits per heavy atom. The van der Waals surface area contributed by atoms with Crippen LogP contribution in [0.15, 0.2) is 6.20 Å². The second-order valence-electron chi connectivity index (χ2n) is 3.65. The summed E-state index contributed by atoms with van der Waals surface area (Å²) < 4.78 is 37.8. The van der Waals surface area contributed by atoms with Gasteiger partial charge in [0, 0.05) is 6.20 Å². The van der Waals surface area contributed by atoms with Crippen molar-refractivity contribution < 1.29 is 18.0 Å². The highest BCUT2D eigenvalue weighted by molar-refractivity contribution is 7.13. The van der Waals surface area contributed by atoms with Crippen molar-refractivity contribution >= 4 is 17.1 Å². The summed E-state index contributed by atoms with van der Waals surface area (Å²) in [5.41, 5.74) is -2.11. The smallest absolute Gasteiger partial charge is 0.292 e. The van der Waals surface area contributed by atoms with E-state index in [2.05, 4.69) is 4.98 Å². The zero-order valence-corrected chi connectivity index (χ0v) is 8.71. The van der Waals surface area contributed by atoms with Gasteiger partial charge in [0.25, 0.3) is 0 Å². The molecule has 0 aliphatic heterocycles. The van der Waals surface area contributed by atoms with Crippen molar-refractivity contribution in [3.63, 3.8) is 0 Å². The Labute approximate surface area is 88.1 Å². The normalized spacial score (nSPS) is 18.9. The molecule has 0 aromatic carbocycles. The standard InChI is InChI=1S/C9H8F3NOS/c1-5-13-4-6(15-5)7(14)8(2-3-8)9(10,11)12/h4H,2-3H2,1H3. The topological polar surface area (TPSA) is 30.0 Å². The lowest BCUT2D eigenvalue weighted by Crippen LogP contribution is -2.32. The van der Waals surface area contributed by atoms with Crippen LogP contribution in [0.4, 0.5) is 13.2 Å². The largest absolute Gasteiger partial charge is 0.401 e. The quantitative estimate of drug-likeness (QED) is 0.737. The van der Waals surface area contributed by atoms with Crippen LogP contribution in [0.25, 0.3) is 0 Å². The maximum atomic E-state index is 12.6. The van der Waals surface area contributed by atoms with Gasteiger partial charge in [-0.1, -0.05) is 0 Å². The zero-order chi connectivity index (χ0) is 11.3. The number of carbonyl (C=O) groups excluding carboxylic acids is 1. The van der Waals surface area contributed by atoms with Crippen LogP contribution in [0.5, 0.6) is 0 Å². The van der Waals surface area contributed by atoms with E-state index < -0.39 is 17.4 Å². The number of halogens is 3. The molecule has 1 aliphatic carbocycles. The SMILES string of the molecule is Cc1ncc(C(=O)C2(C(F)(F)F)CC2)s1. The molecule has 0 atom stereocenters. The van der Waals surface area contributed by atoms with Gasteiger partial charge in [-0.3, -0.25) is 4.79 Å². The second kappa shape index (κ2) is 3.04. The third-order valence-corrected chi connectivity index (χ3v) is 3.48. The van der Waals surface area contributed by atoms with E-state index in [0.717, 1.165) is 11.3 Å². The average molecular weight is 235 g/mol. The monoisotopic (exact) mass is 235 g/mol. The highest BCUT2D eigenvalue weighted by atomic mass is 32.1. The van der Waals surface area contributed by atoms with Crippen molar-refractivity contribution in [3.8, 4) is 0 Å². The van der Waals surface area contributed by atoms with Crippen LogP contribution in [-0.4, -0.2) is 16.9 Å². The zero-order valence-electron chi connectivity index (χ0n) is 7.89. The van der Waals surface area contributed by atoms with Gasteiger partial charge >= 0.3 is 6.18 Å². The van der Waals surface area contributed by atoms with E-state index in [-0.39, 0.29) is 17.7 Å². The second-order valence-corrected chi connectivity index (χ2v) is 4.89. The molecular formula is C9H8F3NOS. The number of nitrogens with zero attached hydrogens (tertiary/aromatic N) is 1. The van der Waals surface area contributed by atoms with E-state index >= 15 is 0 Å². The molecule has 1 aromatic rings. The summed E-state index contributed by atoms with van der Waals surface area (Å²) in [7, 11) is 0. The highest BCUT2D eigenvalue weighted by Gasteiger charge is 2.68. The fourth-order valence-corrected chi connectivity index (χ4v) is 2.28. The molecule has 6 heteroatoms. The van der Waals surface area contributed by atoms with Gasteiger partial charge in [0.05, 0.1) is 9.88 Å². The predicted molar refractivity (Wildman–Crippen MR) is 48.9 cm³/mol. The Morgan fingerprint density at radius 2 is 2.13 bits per heavy atom. The lowest BCUT2D eigenvalue weighted by atomic mass is 10.00. The van der Waals surface area contributed by atoms with E-state index in [1.165, 1.54) is 6.20 Å². The van der Waals surface area contributed by atoms with Crippen molar-refractivity contribution in [1.29, 1.82) is 0 Å². The number of Topliss-reactive ketones (excluding diaryl/α,β-unsaturated/α-hetero) is 1. The summed E-state index contributed by atoms with van der Waals surface area (Å²) >= 11 is 1.02. The number of rotatable bonds is 2. The molecule has 0 amide bonds. The van der Waals surface area contributed by atoms with E-state index in [1.54, 1.807) is 6.92 Å². The molecule has 1 heterocycles. The Kier molecular flexibility index (Phi) is 2.15. The summed E-state index contributed by atoms with van der Waals surface area (Å²) in [4.78, 5) is 15.5. The number of hydrogen-bond donors (Lipinski definition) is 0. The van der Waals surface area contributed by atoms with Crippen LogP contribution < -0.4 is 0 Å². The molecule has 0 spiro atoms. The number of aryl methyl sites for hydroxylation is 1. The molecular weight excluding hydrogens is 227 g/mol. The molecule has 82 valence electrons. The van der Waals surface area contributed by atoms with Crippen molar-refractivity contribution in [2.75, 3.05) is 0 Å². The lowest BCUT2D eigenvalue weighted by Gasteiger charge is -2.16. The number of thiazole rings is 1. The van der Waals surface area contributed by atoms with Gasteiger partial charge in [-0.05, 0) is 19.8 Å². The van der Waals surface area contributed by atoms with Gasteiger partial charge in [-0.25, -0.2) is 4.98 Å². The number of ketones is 1. The maximum absolute atomic E-state index is 12.6. The molecule has 2 rings (SSSR count). The van der Waals surface area contributed by atoms with Crippen LogP contribution in [0.1, 0.15) is 27.5 Å². The molecule has 1 saturated carbocycles. The van der Waals surface area contributed by atoms with Gasteiger partial charge in [-0.15, -0.1) is 11.3 Å². The van der Waals surface area contributed by atoms with Gasteiger partial charge in [0.2, 0.25) is 0 Å². The first kappa shape index (κ1) is 10.6. The number of hydrogen-bond acceptors (Lipinski definition) is 3. The summed E-state index contributed by atoms with van der Waals surface area (Å²) in [5.74, 6) is -0.819. The van der Waals surface area contributed by atoms with Crippen molar-refractivity contribution in [2.24, 2.45) is 5.41 Å². The summed E-state index contributed by atoms with van der Waals surface area (Å²) in [6.07, 6.45) is -3.38. The van der Waals surface area contributed by atoms with Crippen LogP contribution in [0, 0.1) is 12.3 Å². The summed E-state index contributed by atoms with van der Waals surface area (Å²) in [5, 5.41) is 0.608. The molecule has 0 radical (unpaired) electrons. The van der Waals surface area contributed by atoms with Crippen LogP contribution >= 0.6 is 11.3 Å². The first-order valence-electron chi connectivity index (χ1n) is 4.41. The molecule has 1 fully saturated rings. The predicted octanol–water partition coefficient (Wildman–Crippen LogP) is 2.98. The van der Waals surface area contributed by atoms with E-state index in [9.17, 15) is 18.0 Å². The fraction of sp³-hybridized carbons (Fsp3) is 0.556. The minimum absolute atomic E-state index is 0.0910. The Morgan fingerprint density at radius 1 is 1.53 bits per heavy atom. The molecule has 0 N–H and O–H groups in total. The molecule has 0 bridgehead atoms. The maximum Gasteiger partial charge on any atom is 0.401 e. The first-order chi connectivity index (χ1) is 6.87. The molecule has 2 nitrogen and oxygen atoms in total. The third-order valence-electron chi connectivity index (χ3n) is 2.57. The molecule has 1 aliphatic rings. The van der Waals surface area contributed by atoms with E-state index in [4.69, 9.17) is 0 Å². The Balaban J connectivity index is 2.30. The third kappa shape index (κ3) is 1.56. The number of aromatic nitrogens is 1. The minimum atomic E-state index is -4.43. The Bertz CT molecular complexity index is 406. The number of carbonyl (C=O) groups is 1.